The number of nitrogens with zero attached hydrogens (tertiary/aromatic N) is 4. The first-order valence-electron chi connectivity index (χ1n) is 7.91. The molecule has 0 saturated carbocycles. The molecule has 3 heterocycles. The number of aromatic nitrogens is 2. The lowest BCUT2D eigenvalue weighted by atomic mass is 10.2. The molecule has 24 heavy (non-hydrogen) atoms. The Morgan fingerprint density at radius 1 is 1.38 bits per heavy atom. The fourth-order valence-corrected chi connectivity index (χ4v) is 2.90. The lowest BCUT2D eigenvalue weighted by molar-refractivity contribution is 0.115. The van der Waals surface area contributed by atoms with Gasteiger partial charge in [-0.2, -0.15) is 5.26 Å². The van der Waals surface area contributed by atoms with E-state index in [1.807, 2.05) is 31.2 Å². The van der Waals surface area contributed by atoms with E-state index in [4.69, 9.17) is 9.47 Å². The number of pyridine rings is 2. The van der Waals surface area contributed by atoms with Crippen LogP contribution in [-0.2, 0) is 4.74 Å². The lowest BCUT2D eigenvalue weighted by Crippen LogP contribution is -2.35. The molecule has 6 nitrogen and oxygen atoms in total. The Morgan fingerprint density at radius 3 is 2.96 bits per heavy atom. The van der Waals surface area contributed by atoms with E-state index in [2.05, 4.69) is 20.9 Å². The Morgan fingerprint density at radius 2 is 2.25 bits per heavy atom. The molecule has 6 heteroatoms. The average molecular weight is 324 g/mol. The van der Waals surface area contributed by atoms with Crippen molar-refractivity contribution < 1.29 is 9.47 Å². The summed E-state index contributed by atoms with van der Waals surface area (Å²) in [5, 5.41) is 9.21. The standard InChI is InChI=1S/C18H20N4O2/c1-13-5-6-18(21-17(13)9-19)22-11-16(23-2)8-14(22)12-24-15-4-3-7-20-10-15/h3-7,10,14,16H,8,11-12H2,1-2H3/t14-,16+/m0/s1. The van der Waals surface area contributed by atoms with Gasteiger partial charge in [-0.25, -0.2) is 4.98 Å². The van der Waals surface area contributed by atoms with Gasteiger partial charge in [-0.15, -0.1) is 0 Å². The Kier molecular flexibility index (Phi) is 4.92. The van der Waals surface area contributed by atoms with Gasteiger partial charge in [-0.1, -0.05) is 6.07 Å². The van der Waals surface area contributed by atoms with Gasteiger partial charge in [-0.05, 0) is 37.1 Å². The summed E-state index contributed by atoms with van der Waals surface area (Å²) >= 11 is 0. The maximum atomic E-state index is 9.21. The zero-order chi connectivity index (χ0) is 16.9. The second-order valence-electron chi connectivity index (χ2n) is 5.85. The third-order valence-corrected chi connectivity index (χ3v) is 4.27. The van der Waals surface area contributed by atoms with Crippen LogP contribution in [0.1, 0.15) is 17.7 Å². The SMILES string of the molecule is CO[C@@H]1C[C@@H](COc2cccnc2)N(c2ccc(C)c(C#N)n2)C1. The van der Waals surface area contributed by atoms with Crippen molar-refractivity contribution in [2.45, 2.75) is 25.5 Å². The molecule has 0 N–H and O–H groups in total. The lowest BCUT2D eigenvalue weighted by Gasteiger charge is -2.25. The van der Waals surface area contributed by atoms with Crippen molar-refractivity contribution in [3.05, 3.63) is 47.9 Å². The van der Waals surface area contributed by atoms with E-state index in [1.165, 1.54) is 0 Å². The Bertz CT molecular complexity index is 730. The highest BCUT2D eigenvalue weighted by Crippen LogP contribution is 2.27. The third kappa shape index (κ3) is 3.47. The molecule has 2 aromatic rings. The normalized spacial score (nSPS) is 20.0. The zero-order valence-electron chi connectivity index (χ0n) is 13.8. The van der Waals surface area contributed by atoms with Crippen LogP contribution < -0.4 is 9.64 Å². The van der Waals surface area contributed by atoms with Crippen molar-refractivity contribution in [3.63, 3.8) is 0 Å². The highest BCUT2D eigenvalue weighted by molar-refractivity contribution is 5.47. The Balaban J connectivity index is 1.77. The zero-order valence-corrected chi connectivity index (χ0v) is 13.8. The van der Waals surface area contributed by atoms with Crippen LogP contribution in [0.3, 0.4) is 0 Å². The summed E-state index contributed by atoms with van der Waals surface area (Å²) in [6, 6.07) is 9.90. The van der Waals surface area contributed by atoms with Crippen LogP contribution in [0.5, 0.6) is 5.75 Å². The molecular formula is C18H20N4O2. The number of hydrogen-bond acceptors (Lipinski definition) is 6. The minimum atomic E-state index is 0.126. The van der Waals surface area contributed by atoms with Crippen LogP contribution in [-0.4, -0.2) is 42.4 Å². The maximum absolute atomic E-state index is 9.21. The first-order valence-corrected chi connectivity index (χ1v) is 7.91. The van der Waals surface area contributed by atoms with Gasteiger partial charge in [0.25, 0.3) is 0 Å². The molecule has 2 aromatic heterocycles. The van der Waals surface area contributed by atoms with Crippen molar-refractivity contribution in [3.8, 4) is 11.8 Å². The highest BCUT2D eigenvalue weighted by atomic mass is 16.5. The molecule has 0 unspecified atom stereocenters. The van der Waals surface area contributed by atoms with Crippen molar-refractivity contribution in [1.82, 2.24) is 9.97 Å². The minimum Gasteiger partial charge on any atom is -0.490 e. The third-order valence-electron chi connectivity index (χ3n) is 4.27. The molecule has 1 aliphatic heterocycles. The van der Waals surface area contributed by atoms with Gasteiger partial charge in [0.15, 0.2) is 0 Å². The molecule has 0 aromatic carbocycles. The summed E-state index contributed by atoms with van der Waals surface area (Å²) in [5.74, 6) is 1.53. The molecule has 1 saturated heterocycles. The van der Waals surface area contributed by atoms with Gasteiger partial charge in [0.1, 0.15) is 29.9 Å². The van der Waals surface area contributed by atoms with E-state index in [-0.39, 0.29) is 12.1 Å². The molecule has 0 aliphatic carbocycles. The highest BCUT2D eigenvalue weighted by Gasteiger charge is 2.33. The number of anilines is 1. The first kappa shape index (κ1) is 16.2. The van der Waals surface area contributed by atoms with Gasteiger partial charge >= 0.3 is 0 Å². The van der Waals surface area contributed by atoms with Gasteiger partial charge < -0.3 is 14.4 Å². The number of methoxy groups -OCH3 is 1. The largest absolute Gasteiger partial charge is 0.490 e. The Hall–Kier alpha value is -2.65. The summed E-state index contributed by atoms with van der Waals surface area (Å²) in [6.07, 6.45) is 4.40. The first-order chi connectivity index (χ1) is 11.7. The van der Waals surface area contributed by atoms with Gasteiger partial charge in [0, 0.05) is 19.9 Å². The predicted molar refractivity (Wildman–Crippen MR) is 90.0 cm³/mol. The van der Waals surface area contributed by atoms with Crippen molar-refractivity contribution in [1.29, 1.82) is 5.26 Å². The van der Waals surface area contributed by atoms with Crippen LogP contribution in [0, 0.1) is 18.3 Å². The van der Waals surface area contributed by atoms with Crippen molar-refractivity contribution >= 4 is 5.82 Å². The second-order valence-corrected chi connectivity index (χ2v) is 5.85. The molecule has 0 amide bonds. The molecule has 0 radical (unpaired) electrons. The van der Waals surface area contributed by atoms with Crippen molar-refractivity contribution in [2.24, 2.45) is 0 Å². The van der Waals surface area contributed by atoms with E-state index in [9.17, 15) is 5.26 Å². The smallest absolute Gasteiger partial charge is 0.145 e. The number of nitriles is 1. The van der Waals surface area contributed by atoms with Crippen LogP contribution >= 0.6 is 0 Å². The second kappa shape index (κ2) is 7.28. The predicted octanol–water partition coefficient (Wildman–Crippen LogP) is 2.33. The van der Waals surface area contributed by atoms with E-state index < -0.39 is 0 Å². The maximum Gasteiger partial charge on any atom is 0.145 e. The van der Waals surface area contributed by atoms with Crippen LogP contribution in [0.2, 0.25) is 0 Å². The van der Waals surface area contributed by atoms with E-state index in [0.29, 0.717) is 12.3 Å². The molecular weight excluding hydrogens is 304 g/mol. The molecule has 2 atom stereocenters. The average Bonchev–Trinajstić information content (AvgIpc) is 3.04. The molecule has 1 fully saturated rings. The number of hydrogen-bond donors (Lipinski definition) is 0. The molecule has 0 bridgehead atoms. The summed E-state index contributed by atoms with van der Waals surface area (Å²) in [6.45, 7) is 3.14. The Labute approximate surface area is 141 Å². The van der Waals surface area contributed by atoms with E-state index in [0.717, 1.165) is 30.1 Å². The molecule has 0 spiro atoms. The summed E-state index contributed by atoms with van der Waals surface area (Å²) in [5.41, 5.74) is 1.34. The minimum absolute atomic E-state index is 0.126. The van der Waals surface area contributed by atoms with Gasteiger partial charge in [0.05, 0.1) is 18.3 Å². The fraction of sp³-hybridized carbons (Fsp3) is 0.389. The van der Waals surface area contributed by atoms with Gasteiger partial charge in [0.2, 0.25) is 0 Å². The summed E-state index contributed by atoms with van der Waals surface area (Å²) in [7, 11) is 1.72. The quantitative estimate of drug-likeness (QED) is 0.840. The van der Waals surface area contributed by atoms with Crippen LogP contribution in [0.15, 0.2) is 36.7 Å². The fourth-order valence-electron chi connectivity index (χ4n) is 2.90. The topological polar surface area (TPSA) is 71.3 Å². The number of ether oxygens (including phenoxy) is 2. The van der Waals surface area contributed by atoms with Gasteiger partial charge in [-0.3, -0.25) is 4.98 Å². The molecule has 1 aliphatic rings. The number of aryl methyl sites for hydroxylation is 1. The van der Waals surface area contributed by atoms with Crippen molar-refractivity contribution in [2.75, 3.05) is 25.2 Å². The van der Waals surface area contributed by atoms with E-state index in [1.54, 1.807) is 19.5 Å². The number of rotatable bonds is 5. The van der Waals surface area contributed by atoms with E-state index >= 15 is 0 Å². The molecule has 3 rings (SSSR count). The summed E-state index contributed by atoms with van der Waals surface area (Å²) < 4.78 is 11.4. The summed E-state index contributed by atoms with van der Waals surface area (Å²) in [4.78, 5) is 10.7. The molecule has 124 valence electrons. The monoisotopic (exact) mass is 324 g/mol. The van der Waals surface area contributed by atoms with Crippen LogP contribution in [0.4, 0.5) is 5.82 Å². The van der Waals surface area contributed by atoms with Crippen LogP contribution in [0.25, 0.3) is 0 Å².